The van der Waals surface area contributed by atoms with Crippen LogP contribution >= 0.6 is 0 Å². The molecule has 5 heteroatoms. The Bertz CT molecular complexity index is 456. The maximum absolute atomic E-state index is 12.6. The van der Waals surface area contributed by atoms with Gasteiger partial charge in [-0.2, -0.15) is 13.2 Å². The maximum Gasteiger partial charge on any atom is 0.416 e. The number of halogens is 3. The molecular weight excluding hydrogens is 229 g/mol. The van der Waals surface area contributed by atoms with Crippen molar-refractivity contribution in [1.29, 1.82) is 0 Å². The van der Waals surface area contributed by atoms with Gasteiger partial charge in [-0.1, -0.05) is 6.07 Å². The molecule has 2 aliphatic rings. The summed E-state index contributed by atoms with van der Waals surface area (Å²) in [5.74, 6) is 0. The van der Waals surface area contributed by atoms with E-state index in [4.69, 9.17) is 5.73 Å². The van der Waals surface area contributed by atoms with Gasteiger partial charge in [0.25, 0.3) is 0 Å². The number of alkyl halides is 3. The van der Waals surface area contributed by atoms with Gasteiger partial charge in [0, 0.05) is 24.3 Å². The Labute approximate surface area is 97.2 Å². The van der Waals surface area contributed by atoms with Gasteiger partial charge in [0.15, 0.2) is 0 Å². The van der Waals surface area contributed by atoms with Crippen molar-refractivity contribution in [3.63, 3.8) is 0 Å². The van der Waals surface area contributed by atoms with E-state index in [-0.39, 0.29) is 6.04 Å². The molecule has 2 unspecified atom stereocenters. The second-order valence-electron chi connectivity index (χ2n) is 4.85. The maximum atomic E-state index is 12.6. The van der Waals surface area contributed by atoms with Gasteiger partial charge in [-0.15, -0.1) is 0 Å². The van der Waals surface area contributed by atoms with E-state index in [9.17, 15) is 13.2 Å². The molecular formula is C12H13F3N2. The van der Waals surface area contributed by atoms with Crippen LogP contribution in [0.5, 0.6) is 0 Å². The van der Waals surface area contributed by atoms with Crippen LogP contribution in [-0.4, -0.2) is 18.6 Å². The lowest BCUT2D eigenvalue weighted by Crippen LogP contribution is -2.27. The molecule has 3 rings (SSSR count). The molecule has 1 aromatic rings. The third-order valence-corrected chi connectivity index (χ3v) is 3.62. The molecule has 0 saturated carbocycles. The van der Waals surface area contributed by atoms with Gasteiger partial charge in [0.05, 0.1) is 5.56 Å². The Morgan fingerprint density at radius 2 is 2.06 bits per heavy atom. The first-order valence-electron chi connectivity index (χ1n) is 5.67. The van der Waals surface area contributed by atoms with E-state index in [1.165, 1.54) is 12.1 Å². The molecule has 2 atom stereocenters. The highest BCUT2D eigenvalue weighted by Gasteiger charge is 2.39. The predicted molar refractivity (Wildman–Crippen MR) is 58.9 cm³/mol. The average molecular weight is 242 g/mol. The fourth-order valence-corrected chi connectivity index (χ4v) is 2.88. The van der Waals surface area contributed by atoms with E-state index in [1.54, 1.807) is 6.07 Å². The molecule has 0 amide bonds. The molecule has 0 spiro atoms. The van der Waals surface area contributed by atoms with Crippen molar-refractivity contribution in [2.45, 2.75) is 31.1 Å². The van der Waals surface area contributed by atoms with Crippen LogP contribution in [0, 0.1) is 0 Å². The standard InChI is InChI=1S/C12H13F3N2/c13-12(14,15)8-2-1-7-3-10-5-9(16)6-17(10)11(7)4-8/h1-2,4,9-10H,3,5-6,16H2. The predicted octanol–water partition coefficient (Wildman–Crippen LogP) is 2.17. The fourth-order valence-electron chi connectivity index (χ4n) is 2.88. The van der Waals surface area contributed by atoms with Crippen LogP contribution in [0.15, 0.2) is 18.2 Å². The highest BCUT2D eigenvalue weighted by atomic mass is 19.4. The summed E-state index contributed by atoms with van der Waals surface area (Å²) < 4.78 is 37.9. The van der Waals surface area contributed by atoms with Crippen molar-refractivity contribution in [3.05, 3.63) is 29.3 Å². The Morgan fingerprint density at radius 1 is 1.29 bits per heavy atom. The quantitative estimate of drug-likeness (QED) is 0.755. The van der Waals surface area contributed by atoms with Crippen molar-refractivity contribution in [2.75, 3.05) is 11.4 Å². The molecule has 0 aliphatic carbocycles. The zero-order valence-corrected chi connectivity index (χ0v) is 9.17. The van der Waals surface area contributed by atoms with Crippen molar-refractivity contribution in [2.24, 2.45) is 5.73 Å². The average Bonchev–Trinajstić information content (AvgIpc) is 2.71. The zero-order valence-electron chi connectivity index (χ0n) is 9.17. The lowest BCUT2D eigenvalue weighted by atomic mass is 10.0. The van der Waals surface area contributed by atoms with Gasteiger partial charge in [0.2, 0.25) is 0 Å². The van der Waals surface area contributed by atoms with Crippen molar-refractivity contribution in [3.8, 4) is 0 Å². The van der Waals surface area contributed by atoms with E-state index in [0.717, 1.165) is 24.1 Å². The largest absolute Gasteiger partial charge is 0.416 e. The monoisotopic (exact) mass is 242 g/mol. The number of fused-ring (bicyclic) bond motifs is 3. The Morgan fingerprint density at radius 3 is 2.76 bits per heavy atom. The summed E-state index contributed by atoms with van der Waals surface area (Å²) in [5, 5.41) is 0. The highest BCUT2D eigenvalue weighted by Crippen LogP contribution is 2.41. The molecule has 0 bridgehead atoms. The molecule has 92 valence electrons. The van der Waals surface area contributed by atoms with E-state index in [1.807, 2.05) is 4.90 Å². The minimum Gasteiger partial charge on any atom is -0.366 e. The van der Waals surface area contributed by atoms with Crippen LogP contribution in [-0.2, 0) is 12.6 Å². The number of benzene rings is 1. The molecule has 2 heterocycles. The lowest BCUT2D eigenvalue weighted by Gasteiger charge is -2.19. The molecule has 0 radical (unpaired) electrons. The fraction of sp³-hybridized carbons (Fsp3) is 0.500. The van der Waals surface area contributed by atoms with Gasteiger partial charge in [0.1, 0.15) is 0 Å². The lowest BCUT2D eigenvalue weighted by molar-refractivity contribution is -0.137. The minimum atomic E-state index is -4.27. The summed E-state index contributed by atoms with van der Waals surface area (Å²) in [5.41, 5.74) is 7.00. The van der Waals surface area contributed by atoms with E-state index in [0.29, 0.717) is 12.6 Å². The first-order valence-corrected chi connectivity index (χ1v) is 5.67. The molecule has 2 nitrogen and oxygen atoms in total. The van der Waals surface area contributed by atoms with Gasteiger partial charge < -0.3 is 10.6 Å². The SMILES string of the molecule is NC1CC2Cc3ccc(C(F)(F)F)cc3N2C1. The zero-order chi connectivity index (χ0) is 12.2. The summed E-state index contributed by atoms with van der Waals surface area (Å²) in [6, 6.07) is 4.40. The number of nitrogens with zero attached hydrogens (tertiary/aromatic N) is 1. The minimum absolute atomic E-state index is 0.0858. The van der Waals surface area contributed by atoms with Crippen LogP contribution in [0.1, 0.15) is 17.5 Å². The van der Waals surface area contributed by atoms with E-state index < -0.39 is 11.7 Å². The van der Waals surface area contributed by atoms with Crippen LogP contribution in [0.2, 0.25) is 0 Å². The topological polar surface area (TPSA) is 29.3 Å². The van der Waals surface area contributed by atoms with Crippen LogP contribution in [0.25, 0.3) is 0 Å². The molecule has 1 aromatic carbocycles. The normalized spacial score (nSPS) is 27.2. The Balaban J connectivity index is 1.99. The van der Waals surface area contributed by atoms with Gasteiger partial charge >= 0.3 is 6.18 Å². The molecule has 17 heavy (non-hydrogen) atoms. The second-order valence-corrected chi connectivity index (χ2v) is 4.85. The smallest absolute Gasteiger partial charge is 0.366 e. The van der Waals surface area contributed by atoms with Crippen LogP contribution in [0.4, 0.5) is 18.9 Å². The summed E-state index contributed by atoms with van der Waals surface area (Å²) in [7, 11) is 0. The summed E-state index contributed by atoms with van der Waals surface area (Å²) in [6.45, 7) is 0.666. The van der Waals surface area contributed by atoms with E-state index >= 15 is 0 Å². The number of rotatable bonds is 0. The Hall–Kier alpha value is -1.23. The van der Waals surface area contributed by atoms with Gasteiger partial charge in [-0.25, -0.2) is 0 Å². The third kappa shape index (κ3) is 1.69. The van der Waals surface area contributed by atoms with Crippen molar-refractivity contribution < 1.29 is 13.2 Å². The second kappa shape index (κ2) is 3.38. The van der Waals surface area contributed by atoms with Crippen LogP contribution < -0.4 is 10.6 Å². The van der Waals surface area contributed by atoms with Crippen molar-refractivity contribution in [1.82, 2.24) is 0 Å². The van der Waals surface area contributed by atoms with Gasteiger partial charge in [-0.05, 0) is 30.5 Å². The molecule has 2 N–H and O–H groups in total. The number of nitrogens with two attached hydrogens (primary N) is 1. The molecule has 1 fully saturated rings. The molecule has 0 aromatic heterocycles. The summed E-state index contributed by atoms with van der Waals surface area (Å²) >= 11 is 0. The molecule has 2 aliphatic heterocycles. The first kappa shape index (κ1) is 10.9. The number of anilines is 1. The Kier molecular flexibility index (Phi) is 2.17. The van der Waals surface area contributed by atoms with Crippen LogP contribution in [0.3, 0.4) is 0 Å². The summed E-state index contributed by atoms with van der Waals surface area (Å²) in [6.07, 6.45) is -2.58. The third-order valence-electron chi connectivity index (χ3n) is 3.62. The first-order chi connectivity index (χ1) is 7.95. The molecule has 1 saturated heterocycles. The van der Waals surface area contributed by atoms with E-state index in [2.05, 4.69) is 0 Å². The highest BCUT2D eigenvalue weighted by molar-refractivity contribution is 5.62. The number of hydrogen-bond donors (Lipinski definition) is 1. The van der Waals surface area contributed by atoms with Gasteiger partial charge in [-0.3, -0.25) is 0 Å². The number of hydrogen-bond acceptors (Lipinski definition) is 2. The summed E-state index contributed by atoms with van der Waals surface area (Å²) in [4.78, 5) is 2.02. The van der Waals surface area contributed by atoms with Crippen molar-refractivity contribution >= 4 is 5.69 Å².